The van der Waals surface area contributed by atoms with Crippen LogP contribution in [-0.4, -0.2) is 62.9 Å². The number of hydrogen-bond acceptors (Lipinski definition) is 4. The molecular weight excluding hydrogens is 316 g/mol. The van der Waals surface area contributed by atoms with E-state index in [0.29, 0.717) is 45.0 Å². The molecule has 126 valence electrons. The lowest BCUT2D eigenvalue weighted by atomic mass is 10.1. The first-order valence-corrected chi connectivity index (χ1v) is 9.42. The molecule has 1 aromatic rings. The van der Waals surface area contributed by atoms with E-state index in [0.717, 1.165) is 18.4 Å². The summed E-state index contributed by atoms with van der Waals surface area (Å²) >= 11 is 0. The molecule has 0 spiro atoms. The van der Waals surface area contributed by atoms with E-state index in [1.807, 2.05) is 6.92 Å². The zero-order chi connectivity index (χ0) is 16.4. The third kappa shape index (κ3) is 3.27. The van der Waals surface area contributed by atoms with Gasteiger partial charge in [0.15, 0.2) is 0 Å². The number of morpholine rings is 1. The zero-order valence-corrected chi connectivity index (χ0v) is 14.1. The molecule has 23 heavy (non-hydrogen) atoms. The smallest absolute Gasteiger partial charge is 0.254 e. The predicted octanol–water partition coefficient (Wildman–Crippen LogP) is 1.25. The lowest BCUT2D eigenvalue weighted by Gasteiger charge is -2.27. The van der Waals surface area contributed by atoms with Crippen LogP contribution >= 0.6 is 0 Å². The molecule has 0 atom stereocenters. The normalized spacial score (nSPS) is 20.0. The summed E-state index contributed by atoms with van der Waals surface area (Å²) in [7, 11) is -3.50. The minimum absolute atomic E-state index is 0.121. The van der Waals surface area contributed by atoms with Crippen molar-refractivity contribution in [3.8, 4) is 0 Å². The van der Waals surface area contributed by atoms with Crippen molar-refractivity contribution >= 4 is 15.9 Å². The molecular formula is C16H22N2O4S. The van der Waals surface area contributed by atoms with Gasteiger partial charge in [-0.2, -0.15) is 4.31 Å². The van der Waals surface area contributed by atoms with E-state index in [1.165, 1.54) is 10.4 Å². The van der Waals surface area contributed by atoms with Gasteiger partial charge in [-0.3, -0.25) is 4.79 Å². The van der Waals surface area contributed by atoms with Crippen molar-refractivity contribution in [2.24, 2.45) is 0 Å². The quantitative estimate of drug-likeness (QED) is 0.832. The second-order valence-corrected chi connectivity index (χ2v) is 7.93. The van der Waals surface area contributed by atoms with Gasteiger partial charge >= 0.3 is 0 Å². The van der Waals surface area contributed by atoms with E-state index >= 15 is 0 Å². The Bertz CT molecular complexity index is 690. The number of carbonyl (C=O) groups excluding carboxylic acids is 1. The summed E-state index contributed by atoms with van der Waals surface area (Å²) in [5.41, 5.74) is 1.26. The largest absolute Gasteiger partial charge is 0.378 e. The average molecular weight is 338 g/mol. The summed E-state index contributed by atoms with van der Waals surface area (Å²) in [6, 6.07) is 4.84. The highest BCUT2D eigenvalue weighted by Gasteiger charge is 2.29. The zero-order valence-electron chi connectivity index (χ0n) is 13.3. The van der Waals surface area contributed by atoms with Gasteiger partial charge in [-0.05, 0) is 37.5 Å². The number of rotatable bonds is 3. The van der Waals surface area contributed by atoms with Crippen molar-refractivity contribution in [3.05, 3.63) is 29.3 Å². The Hall–Kier alpha value is -1.44. The van der Waals surface area contributed by atoms with Crippen molar-refractivity contribution in [3.63, 3.8) is 0 Å². The fraction of sp³-hybridized carbons (Fsp3) is 0.562. The van der Waals surface area contributed by atoms with Gasteiger partial charge in [0.2, 0.25) is 10.0 Å². The summed E-state index contributed by atoms with van der Waals surface area (Å²) < 4.78 is 32.1. The Morgan fingerprint density at radius 1 is 1.09 bits per heavy atom. The maximum Gasteiger partial charge on any atom is 0.254 e. The molecule has 0 N–H and O–H groups in total. The van der Waals surface area contributed by atoms with Crippen LogP contribution in [-0.2, 0) is 14.8 Å². The molecule has 6 nitrogen and oxygen atoms in total. The van der Waals surface area contributed by atoms with E-state index in [1.54, 1.807) is 17.0 Å². The third-order valence-corrected chi connectivity index (χ3v) is 6.34. The molecule has 2 saturated heterocycles. The van der Waals surface area contributed by atoms with Crippen molar-refractivity contribution in [2.75, 3.05) is 39.4 Å². The minimum Gasteiger partial charge on any atom is -0.378 e. The van der Waals surface area contributed by atoms with Gasteiger partial charge in [0.05, 0.1) is 18.1 Å². The first kappa shape index (κ1) is 16.4. The van der Waals surface area contributed by atoms with Gasteiger partial charge < -0.3 is 9.64 Å². The van der Waals surface area contributed by atoms with E-state index in [2.05, 4.69) is 0 Å². The van der Waals surface area contributed by atoms with Crippen LogP contribution in [0.1, 0.15) is 28.8 Å². The fourth-order valence-corrected chi connectivity index (χ4v) is 4.55. The van der Waals surface area contributed by atoms with Gasteiger partial charge in [0.1, 0.15) is 0 Å². The molecule has 1 amide bonds. The molecule has 2 aliphatic rings. The lowest BCUT2D eigenvalue weighted by Crippen LogP contribution is -2.41. The molecule has 3 rings (SSSR count). The number of nitrogens with zero attached hydrogens (tertiary/aromatic N) is 2. The molecule has 2 aliphatic heterocycles. The van der Waals surface area contributed by atoms with Crippen molar-refractivity contribution in [1.82, 2.24) is 9.21 Å². The first-order chi connectivity index (χ1) is 11.0. The monoisotopic (exact) mass is 338 g/mol. The van der Waals surface area contributed by atoms with Crippen molar-refractivity contribution < 1.29 is 17.9 Å². The highest BCUT2D eigenvalue weighted by atomic mass is 32.2. The SMILES string of the molecule is Cc1ccc(S(=O)(=O)N2CCCC2)cc1C(=O)N1CCOCC1. The molecule has 2 heterocycles. The Morgan fingerprint density at radius 3 is 2.39 bits per heavy atom. The molecule has 0 radical (unpaired) electrons. The second-order valence-electron chi connectivity index (χ2n) is 5.99. The summed E-state index contributed by atoms with van der Waals surface area (Å²) in [5.74, 6) is -0.121. The maximum absolute atomic E-state index is 12.7. The van der Waals surface area contributed by atoms with E-state index in [9.17, 15) is 13.2 Å². The average Bonchev–Trinajstić information content (AvgIpc) is 3.10. The van der Waals surface area contributed by atoms with Crippen molar-refractivity contribution in [2.45, 2.75) is 24.7 Å². The topological polar surface area (TPSA) is 66.9 Å². The molecule has 2 fully saturated rings. The highest BCUT2D eigenvalue weighted by molar-refractivity contribution is 7.89. The summed E-state index contributed by atoms with van der Waals surface area (Å²) in [4.78, 5) is 14.6. The predicted molar refractivity (Wildman–Crippen MR) is 85.9 cm³/mol. The maximum atomic E-state index is 12.7. The molecule has 0 saturated carbocycles. The van der Waals surface area contributed by atoms with Crippen LogP contribution in [0, 0.1) is 6.92 Å². The summed E-state index contributed by atoms with van der Waals surface area (Å²) in [6.45, 7) is 5.09. The van der Waals surface area contributed by atoms with E-state index in [4.69, 9.17) is 4.74 Å². The number of sulfonamides is 1. The van der Waals surface area contributed by atoms with Gasteiger partial charge in [-0.25, -0.2) is 8.42 Å². The number of aryl methyl sites for hydroxylation is 1. The van der Waals surface area contributed by atoms with Crippen LogP contribution in [0.4, 0.5) is 0 Å². The second kappa shape index (κ2) is 6.59. The lowest BCUT2D eigenvalue weighted by molar-refractivity contribution is 0.0302. The summed E-state index contributed by atoms with van der Waals surface area (Å²) in [5, 5.41) is 0. The molecule has 7 heteroatoms. The molecule has 0 aliphatic carbocycles. The van der Waals surface area contributed by atoms with E-state index < -0.39 is 10.0 Å². The Balaban J connectivity index is 1.91. The Labute approximate surface area is 137 Å². The minimum atomic E-state index is -3.50. The summed E-state index contributed by atoms with van der Waals surface area (Å²) in [6.07, 6.45) is 1.79. The van der Waals surface area contributed by atoms with Crippen LogP contribution in [0.25, 0.3) is 0 Å². The Kier molecular flexibility index (Phi) is 4.70. The fourth-order valence-electron chi connectivity index (χ4n) is 3.01. The number of benzene rings is 1. The standard InChI is InChI=1S/C16H22N2O4S/c1-13-4-5-14(23(20,21)18-6-2-3-7-18)12-15(13)16(19)17-8-10-22-11-9-17/h4-5,12H,2-3,6-11H2,1H3. The third-order valence-electron chi connectivity index (χ3n) is 4.44. The van der Waals surface area contributed by atoms with Gasteiger partial charge in [0.25, 0.3) is 5.91 Å². The highest BCUT2D eigenvalue weighted by Crippen LogP contribution is 2.24. The molecule has 1 aromatic carbocycles. The van der Waals surface area contributed by atoms with Crippen LogP contribution < -0.4 is 0 Å². The number of hydrogen-bond donors (Lipinski definition) is 0. The number of ether oxygens (including phenoxy) is 1. The van der Waals surface area contributed by atoms with Crippen LogP contribution in [0.15, 0.2) is 23.1 Å². The molecule has 0 aromatic heterocycles. The molecule has 0 bridgehead atoms. The number of amides is 1. The van der Waals surface area contributed by atoms with Crippen LogP contribution in [0.3, 0.4) is 0 Å². The molecule has 0 unspecified atom stereocenters. The number of carbonyl (C=O) groups is 1. The van der Waals surface area contributed by atoms with Crippen LogP contribution in [0.2, 0.25) is 0 Å². The van der Waals surface area contributed by atoms with Gasteiger partial charge in [-0.15, -0.1) is 0 Å². The first-order valence-electron chi connectivity index (χ1n) is 7.98. The van der Waals surface area contributed by atoms with E-state index in [-0.39, 0.29) is 10.8 Å². The van der Waals surface area contributed by atoms with Crippen LogP contribution in [0.5, 0.6) is 0 Å². The van der Waals surface area contributed by atoms with Gasteiger partial charge in [-0.1, -0.05) is 6.07 Å². The van der Waals surface area contributed by atoms with Gasteiger partial charge in [0, 0.05) is 31.7 Å². The Morgan fingerprint density at radius 2 is 1.74 bits per heavy atom. The van der Waals surface area contributed by atoms with Crippen molar-refractivity contribution in [1.29, 1.82) is 0 Å².